The molecule has 40 heavy (non-hydrogen) atoms. The molecule has 0 fully saturated rings. The maximum absolute atomic E-state index is 13.1. The number of carbonyl (C=O) groups excluding carboxylic acids is 1. The second-order valence-corrected chi connectivity index (χ2v) is 11.4. The molecule has 13 heteroatoms. The van der Waals surface area contributed by atoms with Gasteiger partial charge in [-0.25, -0.2) is 27.2 Å². The molecule has 0 radical (unpaired) electrons. The number of fused-ring (bicyclic) bond motifs is 3. The van der Waals surface area contributed by atoms with Crippen molar-refractivity contribution in [2.24, 2.45) is 0 Å². The molecule has 10 nitrogen and oxygen atoms in total. The fourth-order valence-electron chi connectivity index (χ4n) is 4.59. The van der Waals surface area contributed by atoms with Gasteiger partial charge in [0.05, 0.1) is 48.2 Å². The van der Waals surface area contributed by atoms with E-state index in [1.807, 2.05) is 6.07 Å². The number of ether oxygens (including phenoxy) is 2. The summed E-state index contributed by atoms with van der Waals surface area (Å²) < 4.78 is 62.2. The molecular weight excluding hydrogens is 544 g/mol. The zero-order valence-electron chi connectivity index (χ0n) is 21.0. The lowest BCUT2D eigenvalue weighted by Gasteiger charge is -2.29. The number of halogens is 2. The van der Waals surface area contributed by atoms with Gasteiger partial charge in [-0.3, -0.25) is 9.78 Å². The third-order valence-electron chi connectivity index (χ3n) is 6.67. The van der Waals surface area contributed by atoms with E-state index in [2.05, 4.69) is 15.3 Å². The summed E-state index contributed by atoms with van der Waals surface area (Å²) in [7, 11) is -3.54. The number of hydrogen-bond donors (Lipinski definition) is 1. The molecule has 0 spiro atoms. The Balaban J connectivity index is 1.21. The molecule has 2 aliphatic rings. The smallest absolute Gasteiger partial charge is 0.265 e. The molecule has 0 saturated carbocycles. The molecule has 2 aliphatic heterocycles. The fourth-order valence-corrected chi connectivity index (χ4v) is 5.98. The molecule has 1 N–H and O–H groups in total. The first kappa shape index (κ1) is 26.0. The van der Waals surface area contributed by atoms with Gasteiger partial charge < -0.3 is 19.7 Å². The minimum atomic E-state index is -3.54. The number of benzene rings is 1. The normalized spacial score (nSPS) is 16.1. The highest BCUT2D eigenvalue weighted by atomic mass is 32.2. The molecule has 206 valence electrons. The van der Waals surface area contributed by atoms with Crippen LogP contribution >= 0.6 is 0 Å². The van der Waals surface area contributed by atoms with E-state index in [9.17, 15) is 22.0 Å². The van der Waals surface area contributed by atoms with Gasteiger partial charge in [-0.2, -0.15) is 0 Å². The minimum absolute atomic E-state index is 0.0893. The number of hydrogen-bond acceptors (Lipinski definition) is 9. The number of pyridine rings is 3. The number of aromatic nitrogens is 3. The van der Waals surface area contributed by atoms with Gasteiger partial charge in [-0.05, 0) is 42.0 Å². The molecule has 0 atom stereocenters. The molecular formula is C27H23F2N5O5S. The van der Waals surface area contributed by atoms with Crippen LogP contribution in [0.15, 0.2) is 59.8 Å². The Labute approximate surface area is 227 Å². The minimum Gasteiger partial charge on any atom is -0.488 e. The molecule has 0 unspecified atom stereocenters. The number of anilines is 2. The molecule has 0 saturated heterocycles. The number of carbonyl (C=O) groups is 1. The van der Waals surface area contributed by atoms with E-state index in [4.69, 9.17) is 14.5 Å². The van der Waals surface area contributed by atoms with Crippen molar-refractivity contribution < 1.29 is 31.5 Å². The van der Waals surface area contributed by atoms with Crippen LogP contribution in [0, 0.1) is 0 Å². The molecule has 4 aromatic rings. The summed E-state index contributed by atoms with van der Waals surface area (Å²) in [5.74, 6) is 0.654. The first-order chi connectivity index (χ1) is 19.3. The summed E-state index contributed by atoms with van der Waals surface area (Å²) in [5.41, 5.74) is 1.69. The van der Waals surface area contributed by atoms with Crippen LogP contribution in [0.4, 0.5) is 20.4 Å². The summed E-state index contributed by atoms with van der Waals surface area (Å²) in [6.07, 6.45) is 0.120. The van der Waals surface area contributed by atoms with E-state index < -0.39 is 22.2 Å². The van der Waals surface area contributed by atoms with Crippen LogP contribution in [0.2, 0.25) is 0 Å². The summed E-state index contributed by atoms with van der Waals surface area (Å²) in [6, 6.07) is 11.2. The summed E-state index contributed by atoms with van der Waals surface area (Å²) >= 11 is 0. The summed E-state index contributed by atoms with van der Waals surface area (Å²) in [5, 5.41) is 3.55. The van der Waals surface area contributed by atoms with Crippen molar-refractivity contribution >= 4 is 38.3 Å². The van der Waals surface area contributed by atoms with E-state index in [-0.39, 0.29) is 53.9 Å². The third kappa shape index (κ3) is 5.05. The number of nitrogens with zero attached hydrogens (tertiary/aromatic N) is 4. The van der Waals surface area contributed by atoms with E-state index in [1.54, 1.807) is 35.4 Å². The van der Waals surface area contributed by atoms with Gasteiger partial charge in [0, 0.05) is 28.9 Å². The van der Waals surface area contributed by atoms with Crippen LogP contribution in [0.25, 0.3) is 10.9 Å². The van der Waals surface area contributed by atoms with Crippen LogP contribution in [0.1, 0.15) is 33.6 Å². The molecule has 0 aliphatic carbocycles. The number of nitrogens with one attached hydrogen (secondary N) is 1. The topological polar surface area (TPSA) is 124 Å². The Kier molecular flexibility index (Phi) is 6.76. The quantitative estimate of drug-likeness (QED) is 0.384. The van der Waals surface area contributed by atoms with Crippen molar-refractivity contribution in [3.8, 4) is 5.75 Å². The van der Waals surface area contributed by atoms with Gasteiger partial charge in [0.1, 0.15) is 12.4 Å². The Morgan fingerprint density at radius 3 is 2.80 bits per heavy atom. The summed E-state index contributed by atoms with van der Waals surface area (Å²) in [4.78, 5) is 28.1. The Hall–Kier alpha value is -4.23. The van der Waals surface area contributed by atoms with Crippen LogP contribution < -0.4 is 15.0 Å². The van der Waals surface area contributed by atoms with Crippen LogP contribution in [0.5, 0.6) is 5.75 Å². The van der Waals surface area contributed by atoms with E-state index >= 15 is 0 Å². The molecule has 3 aromatic heterocycles. The zero-order valence-corrected chi connectivity index (χ0v) is 21.8. The monoisotopic (exact) mass is 567 g/mol. The van der Waals surface area contributed by atoms with Gasteiger partial charge in [-0.15, -0.1) is 0 Å². The van der Waals surface area contributed by atoms with Crippen molar-refractivity contribution in [2.75, 3.05) is 30.4 Å². The van der Waals surface area contributed by atoms with Gasteiger partial charge in [0.15, 0.2) is 21.4 Å². The fraction of sp³-hybridized carbons (Fsp3) is 0.259. The van der Waals surface area contributed by atoms with Crippen molar-refractivity contribution in [3.05, 3.63) is 77.2 Å². The highest BCUT2D eigenvalue weighted by Gasteiger charge is 2.25. The maximum atomic E-state index is 13.1. The maximum Gasteiger partial charge on any atom is 0.265 e. The zero-order chi connectivity index (χ0) is 27.9. The molecule has 6 rings (SSSR count). The Morgan fingerprint density at radius 2 is 1.95 bits per heavy atom. The average Bonchev–Trinajstić information content (AvgIpc) is 3.11. The number of rotatable bonds is 5. The highest BCUT2D eigenvalue weighted by molar-refractivity contribution is 7.91. The predicted octanol–water partition coefficient (Wildman–Crippen LogP) is 3.73. The first-order valence-corrected chi connectivity index (χ1v) is 14.1. The van der Waals surface area contributed by atoms with Gasteiger partial charge >= 0.3 is 0 Å². The number of sulfone groups is 1. The largest absolute Gasteiger partial charge is 0.488 e. The third-order valence-corrected chi connectivity index (χ3v) is 8.43. The lowest BCUT2D eigenvalue weighted by atomic mass is 10.1. The second kappa shape index (κ2) is 10.4. The van der Waals surface area contributed by atoms with Gasteiger partial charge in [0.25, 0.3) is 12.3 Å². The number of amides is 1. The second-order valence-electron chi connectivity index (χ2n) is 9.31. The highest BCUT2D eigenvalue weighted by Crippen LogP contribution is 2.36. The first-order valence-electron chi connectivity index (χ1n) is 12.4. The standard InChI is InChI=1S/C27H23F2N5O5S/c28-25(29)19-9-22-26(31-13-19)34(5-6-39-22)24-4-3-17-12-30-20(11-21(17)33-24)14-32-27(35)16-1-2-18-15-38-7-8-40(36,37)23(18)10-16/h1-4,9-13,25H,5-8,14-15H2,(H,32,35). The molecule has 1 aromatic carbocycles. The van der Waals surface area contributed by atoms with Gasteiger partial charge in [-0.1, -0.05) is 6.07 Å². The predicted molar refractivity (Wildman–Crippen MR) is 141 cm³/mol. The molecule has 5 heterocycles. The lowest BCUT2D eigenvalue weighted by molar-refractivity contribution is 0.0950. The van der Waals surface area contributed by atoms with Crippen molar-refractivity contribution in [3.63, 3.8) is 0 Å². The summed E-state index contributed by atoms with van der Waals surface area (Å²) in [6.45, 7) is 1.09. The van der Waals surface area contributed by atoms with E-state index in [0.717, 1.165) is 11.6 Å². The Morgan fingerprint density at radius 1 is 1.07 bits per heavy atom. The molecule has 1 amide bonds. The SMILES string of the molecule is O=C(NCc1cc2nc(N3CCOc4cc(C(F)F)cnc43)ccc2cn1)c1ccc2c(c1)S(=O)(=O)CCOC2. The van der Waals surface area contributed by atoms with E-state index in [0.29, 0.717) is 35.0 Å². The average molecular weight is 568 g/mol. The van der Waals surface area contributed by atoms with Crippen LogP contribution in [0.3, 0.4) is 0 Å². The molecule has 0 bridgehead atoms. The van der Waals surface area contributed by atoms with Gasteiger partial charge in [0.2, 0.25) is 0 Å². The van der Waals surface area contributed by atoms with Crippen molar-refractivity contribution in [2.45, 2.75) is 24.5 Å². The number of alkyl halides is 2. The van der Waals surface area contributed by atoms with Crippen LogP contribution in [-0.4, -0.2) is 54.8 Å². The lowest BCUT2D eigenvalue weighted by Crippen LogP contribution is -2.30. The van der Waals surface area contributed by atoms with Crippen molar-refractivity contribution in [1.82, 2.24) is 20.3 Å². The van der Waals surface area contributed by atoms with Crippen LogP contribution in [-0.2, 0) is 27.7 Å². The van der Waals surface area contributed by atoms with E-state index in [1.165, 1.54) is 12.1 Å². The Bertz CT molecular complexity index is 1730. The van der Waals surface area contributed by atoms with Crippen molar-refractivity contribution in [1.29, 1.82) is 0 Å².